The summed E-state index contributed by atoms with van der Waals surface area (Å²) in [6.07, 6.45) is 3.41. The van der Waals surface area contributed by atoms with Gasteiger partial charge < -0.3 is 5.32 Å². The number of nitrogens with one attached hydrogen (secondary N) is 1. The number of sulfonamides is 1. The quantitative estimate of drug-likeness (QED) is 0.704. The first-order chi connectivity index (χ1) is 7.04. The molecule has 6 heteroatoms. The minimum atomic E-state index is -3.03. The smallest absolute Gasteiger partial charge is 0.211 e. The maximum atomic E-state index is 11.8. The Morgan fingerprint density at radius 1 is 1.40 bits per heavy atom. The molecule has 1 heterocycles. The molecule has 1 rings (SSSR count). The minimum absolute atomic E-state index is 0.296. The summed E-state index contributed by atoms with van der Waals surface area (Å²) >= 11 is 0. The van der Waals surface area contributed by atoms with Gasteiger partial charge in [-0.1, -0.05) is 0 Å². The van der Waals surface area contributed by atoms with Crippen molar-refractivity contribution < 1.29 is 12.8 Å². The van der Waals surface area contributed by atoms with Gasteiger partial charge in [-0.15, -0.1) is 0 Å². The molecule has 4 nitrogen and oxygen atoms in total. The number of rotatable bonds is 5. The Morgan fingerprint density at radius 2 is 2.00 bits per heavy atom. The molecule has 1 aliphatic heterocycles. The summed E-state index contributed by atoms with van der Waals surface area (Å²) in [6, 6.07) is 0.342. The maximum Gasteiger partial charge on any atom is 0.211 e. The van der Waals surface area contributed by atoms with Crippen LogP contribution in [0.1, 0.15) is 19.3 Å². The van der Waals surface area contributed by atoms with Crippen LogP contribution in [0, 0.1) is 0 Å². The molecular weight excluding hydrogens is 219 g/mol. The zero-order valence-electron chi connectivity index (χ0n) is 9.08. The van der Waals surface area contributed by atoms with E-state index < -0.39 is 10.0 Å². The van der Waals surface area contributed by atoms with Gasteiger partial charge in [-0.2, -0.15) is 0 Å². The third-order valence-corrected chi connectivity index (χ3v) is 3.97. The van der Waals surface area contributed by atoms with Gasteiger partial charge in [0.05, 0.1) is 12.9 Å². The van der Waals surface area contributed by atoms with Gasteiger partial charge in [0.1, 0.15) is 0 Å². The third kappa shape index (κ3) is 4.44. The summed E-state index contributed by atoms with van der Waals surface area (Å²) < 4.78 is 35.8. The molecule has 90 valence electrons. The lowest BCUT2D eigenvalue weighted by Gasteiger charge is -2.30. The molecule has 0 aromatic rings. The molecule has 0 spiro atoms. The molecule has 1 saturated heterocycles. The molecule has 0 aliphatic carbocycles. The molecule has 1 N–H and O–H groups in total. The van der Waals surface area contributed by atoms with E-state index in [1.807, 2.05) is 0 Å². The fraction of sp³-hybridized carbons (Fsp3) is 1.00. The van der Waals surface area contributed by atoms with Gasteiger partial charge in [-0.05, 0) is 25.8 Å². The molecule has 1 aliphatic rings. The molecule has 0 radical (unpaired) electrons. The van der Waals surface area contributed by atoms with Crippen molar-refractivity contribution in [2.24, 2.45) is 0 Å². The Kier molecular flexibility index (Phi) is 4.95. The van der Waals surface area contributed by atoms with Crippen LogP contribution in [-0.2, 0) is 10.0 Å². The summed E-state index contributed by atoms with van der Waals surface area (Å²) in [4.78, 5) is 0. The van der Waals surface area contributed by atoms with Crippen LogP contribution in [0.15, 0.2) is 0 Å². The summed E-state index contributed by atoms with van der Waals surface area (Å²) in [5.41, 5.74) is 0. The van der Waals surface area contributed by atoms with Gasteiger partial charge >= 0.3 is 0 Å². The van der Waals surface area contributed by atoms with Crippen LogP contribution in [0.3, 0.4) is 0 Å². The summed E-state index contributed by atoms with van der Waals surface area (Å²) in [5, 5.41) is 3.23. The minimum Gasteiger partial charge on any atom is -0.314 e. The molecule has 0 aromatic carbocycles. The van der Waals surface area contributed by atoms with Crippen LogP contribution in [0.25, 0.3) is 0 Å². The zero-order valence-corrected chi connectivity index (χ0v) is 9.89. The summed E-state index contributed by atoms with van der Waals surface area (Å²) in [6.45, 7) is 1.54. The van der Waals surface area contributed by atoms with E-state index in [2.05, 4.69) is 5.32 Å². The van der Waals surface area contributed by atoms with Gasteiger partial charge in [0, 0.05) is 19.1 Å². The normalized spacial score (nSPS) is 20.7. The maximum absolute atomic E-state index is 11.8. The average Bonchev–Trinajstić information content (AvgIpc) is 2.18. The fourth-order valence-electron chi connectivity index (χ4n) is 1.76. The van der Waals surface area contributed by atoms with E-state index in [0.29, 0.717) is 32.1 Å². The Bertz CT molecular complexity index is 274. The van der Waals surface area contributed by atoms with E-state index in [0.717, 1.165) is 12.8 Å². The van der Waals surface area contributed by atoms with Gasteiger partial charge in [-0.25, -0.2) is 12.7 Å². The van der Waals surface area contributed by atoms with Crippen molar-refractivity contribution in [1.82, 2.24) is 9.62 Å². The van der Waals surface area contributed by atoms with E-state index in [-0.39, 0.29) is 6.67 Å². The molecule has 0 amide bonds. The number of hydrogen-bond donors (Lipinski definition) is 1. The van der Waals surface area contributed by atoms with Gasteiger partial charge in [-0.3, -0.25) is 4.39 Å². The summed E-state index contributed by atoms with van der Waals surface area (Å²) in [7, 11) is -3.03. The molecule has 1 fully saturated rings. The predicted octanol–water partition coefficient (Wildman–Crippen LogP) is 0.360. The second-order valence-corrected chi connectivity index (χ2v) is 5.92. The van der Waals surface area contributed by atoms with Crippen LogP contribution < -0.4 is 5.32 Å². The van der Waals surface area contributed by atoms with Gasteiger partial charge in [0.25, 0.3) is 0 Å². The first-order valence-electron chi connectivity index (χ1n) is 5.28. The van der Waals surface area contributed by atoms with Crippen molar-refractivity contribution in [3.63, 3.8) is 0 Å². The van der Waals surface area contributed by atoms with E-state index in [9.17, 15) is 12.8 Å². The van der Waals surface area contributed by atoms with Crippen molar-refractivity contribution in [3.8, 4) is 0 Å². The summed E-state index contributed by atoms with van der Waals surface area (Å²) in [5.74, 6) is 0. The first-order valence-corrected chi connectivity index (χ1v) is 7.13. The third-order valence-electron chi connectivity index (χ3n) is 2.67. The topological polar surface area (TPSA) is 49.4 Å². The highest BCUT2D eigenvalue weighted by Crippen LogP contribution is 2.12. The monoisotopic (exact) mass is 238 g/mol. The first kappa shape index (κ1) is 12.9. The zero-order chi connectivity index (χ0) is 11.3. The molecule has 15 heavy (non-hydrogen) atoms. The van der Waals surface area contributed by atoms with Gasteiger partial charge in [0.2, 0.25) is 10.0 Å². The van der Waals surface area contributed by atoms with Crippen LogP contribution in [0.2, 0.25) is 0 Å². The highest BCUT2D eigenvalue weighted by atomic mass is 32.2. The van der Waals surface area contributed by atoms with Crippen molar-refractivity contribution >= 4 is 10.0 Å². The van der Waals surface area contributed by atoms with Crippen molar-refractivity contribution in [2.45, 2.75) is 25.3 Å². The van der Waals surface area contributed by atoms with Crippen LogP contribution >= 0.6 is 0 Å². The number of nitrogens with zero attached hydrogens (tertiary/aromatic N) is 1. The molecule has 0 saturated carbocycles. The molecule has 0 unspecified atom stereocenters. The van der Waals surface area contributed by atoms with Crippen molar-refractivity contribution in [3.05, 3.63) is 0 Å². The standard InChI is InChI=1S/C9H19FN2O2S/c1-15(13,14)12-7-3-9(4-8-12)11-6-2-5-10/h9,11H,2-8H2,1H3. The van der Waals surface area contributed by atoms with Gasteiger partial charge in [0.15, 0.2) is 0 Å². The Balaban J connectivity index is 2.24. The number of piperidine rings is 1. The van der Waals surface area contributed by atoms with Crippen LogP contribution in [0.4, 0.5) is 4.39 Å². The number of hydrogen-bond acceptors (Lipinski definition) is 3. The van der Waals surface area contributed by atoms with Crippen LogP contribution in [0.5, 0.6) is 0 Å². The largest absolute Gasteiger partial charge is 0.314 e. The lowest BCUT2D eigenvalue weighted by Crippen LogP contribution is -2.44. The highest BCUT2D eigenvalue weighted by Gasteiger charge is 2.24. The average molecular weight is 238 g/mol. The van der Waals surface area contributed by atoms with Crippen molar-refractivity contribution in [1.29, 1.82) is 0 Å². The van der Waals surface area contributed by atoms with E-state index in [1.54, 1.807) is 0 Å². The fourth-order valence-corrected chi connectivity index (χ4v) is 2.64. The second-order valence-electron chi connectivity index (χ2n) is 3.93. The van der Waals surface area contributed by atoms with E-state index >= 15 is 0 Å². The second kappa shape index (κ2) is 5.77. The predicted molar refractivity (Wildman–Crippen MR) is 58.0 cm³/mol. The Morgan fingerprint density at radius 3 is 2.47 bits per heavy atom. The number of alkyl halides is 1. The van der Waals surface area contributed by atoms with E-state index in [1.165, 1.54) is 10.6 Å². The molecule has 0 bridgehead atoms. The molecular formula is C9H19FN2O2S. The molecule has 0 atom stereocenters. The Labute approximate surface area is 90.9 Å². The van der Waals surface area contributed by atoms with Crippen LogP contribution in [-0.4, -0.2) is 51.3 Å². The highest BCUT2D eigenvalue weighted by molar-refractivity contribution is 7.88. The Hall–Kier alpha value is -0.200. The van der Waals surface area contributed by atoms with Crippen molar-refractivity contribution in [2.75, 3.05) is 32.6 Å². The van der Waals surface area contributed by atoms with E-state index in [4.69, 9.17) is 0 Å². The number of halogens is 1. The lowest BCUT2D eigenvalue weighted by molar-refractivity contribution is 0.288. The lowest BCUT2D eigenvalue weighted by atomic mass is 10.1. The SMILES string of the molecule is CS(=O)(=O)N1CCC(NCCCF)CC1. The molecule has 0 aromatic heterocycles.